The van der Waals surface area contributed by atoms with E-state index in [1.165, 1.54) is 0 Å². The monoisotopic (exact) mass is 349 g/mol. The molecule has 2 aromatic rings. The van der Waals surface area contributed by atoms with Gasteiger partial charge in [0, 0.05) is 0 Å². The summed E-state index contributed by atoms with van der Waals surface area (Å²) in [6.07, 6.45) is -0.208. The molecule has 0 saturated heterocycles. The third kappa shape index (κ3) is 6.81. The average Bonchev–Trinajstić information content (AvgIpc) is 2.59. The quantitative estimate of drug-likeness (QED) is 0.777. The average molecular weight is 350 g/mol. The zero-order chi connectivity index (χ0) is 16.5. The highest BCUT2D eigenvalue weighted by atomic mass is 35.5. The van der Waals surface area contributed by atoms with E-state index in [1.807, 2.05) is 60.7 Å². The molecule has 1 atom stereocenters. The van der Waals surface area contributed by atoms with Crippen LogP contribution >= 0.6 is 12.4 Å². The molecule has 2 N–H and O–H groups in total. The maximum atomic E-state index is 11.8. The molecule has 2 rings (SSSR count). The molecule has 0 radical (unpaired) electrons. The van der Waals surface area contributed by atoms with Gasteiger partial charge >= 0.3 is 11.9 Å². The van der Waals surface area contributed by atoms with Crippen LogP contribution in [-0.2, 0) is 32.3 Å². The van der Waals surface area contributed by atoms with Gasteiger partial charge in [-0.3, -0.25) is 9.59 Å². The summed E-state index contributed by atoms with van der Waals surface area (Å²) in [6.45, 7) is 0.290. The first-order chi connectivity index (χ1) is 11.1. The number of benzene rings is 2. The first kappa shape index (κ1) is 19.7. The first-order valence-corrected chi connectivity index (χ1v) is 7.31. The fourth-order valence-corrected chi connectivity index (χ4v) is 1.90. The van der Waals surface area contributed by atoms with Crippen LogP contribution in [0.2, 0.25) is 0 Å². The summed E-state index contributed by atoms with van der Waals surface area (Å²) >= 11 is 0. The van der Waals surface area contributed by atoms with Gasteiger partial charge < -0.3 is 15.2 Å². The van der Waals surface area contributed by atoms with Crippen molar-refractivity contribution in [2.24, 2.45) is 5.73 Å². The molecule has 0 aromatic heterocycles. The molecule has 5 nitrogen and oxygen atoms in total. The topological polar surface area (TPSA) is 78.6 Å². The second-order valence-corrected chi connectivity index (χ2v) is 5.05. The minimum atomic E-state index is -1.03. The van der Waals surface area contributed by atoms with E-state index >= 15 is 0 Å². The number of esters is 2. The van der Waals surface area contributed by atoms with Crippen LogP contribution in [0.15, 0.2) is 60.7 Å². The highest BCUT2D eigenvalue weighted by Gasteiger charge is 2.20. The van der Waals surface area contributed by atoms with Crippen LogP contribution in [0.25, 0.3) is 0 Å². The van der Waals surface area contributed by atoms with Gasteiger partial charge in [0.25, 0.3) is 0 Å². The highest BCUT2D eigenvalue weighted by Crippen LogP contribution is 2.05. The Kier molecular flexibility index (Phi) is 8.54. The van der Waals surface area contributed by atoms with E-state index < -0.39 is 18.0 Å². The molecule has 0 aliphatic carbocycles. The molecule has 0 bridgehead atoms. The number of nitrogens with two attached hydrogens (primary N) is 1. The minimum Gasteiger partial charge on any atom is -0.461 e. The van der Waals surface area contributed by atoms with Gasteiger partial charge in [0.15, 0.2) is 0 Å². The first-order valence-electron chi connectivity index (χ1n) is 7.31. The van der Waals surface area contributed by atoms with Crippen LogP contribution in [-0.4, -0.2) is 18.0 Å². The van der Waals surface area contributed by atoms with Gasteiger partial charge in [0.1, 0.15) is 19.3 Å². The van der Waals surface area contributed by atoms with E-state index in [9.17, 15) is 9.59 Å². The summed E-state index contributed by atoms with van der Waals surface area (Å²) in [5.41, 5.74) is 7.41. The number of ether oxygens (including phenoxy) is 2. The van der Waals surface area contributed by atoms with Gasteiger partial charge in [-0.2, -0.15) is 0 Å². The molecule has 0 amide bonds. The van der Waals surface area contributed by atoms with Gasteiger partial charge in [-0.1, -0.05) is 60.7 Å². The second kappa shape index (κ2) is 10.4. The minimum absolute atomic E-state index is 0. The van der Waals surface area contributed by atoms with Crippen LogP contribution in [0.5, 0.6) is 0 Å². The van der Waals surface area contributed by atoms with Crippen LogP contribution in [0, 0.1) is 0 Å². The summed E-state index contributed by atoms with van der Waals surface area (Å²) in [7, 11) is 0. The van der Waals surface area contributed by atoms with Crippen molar-refractivity contribution in [2.45, 2.75) is 25.7 Å². The van der Waals surface area contributed by atoms with Gasteiger partial charge in [-0.05, 0) is 11.1 Å². The van der Waals surface area contributed by atoms with Gasteiger partial charge in [-0.25, -0.2) is 0 Å². The third-order valence-corrected chi connectivity index (χ3v) is 3.16. The van der Waals surface area contributed by atoms with Crippen LogP contribution in [0.1, 0.15) is 17.5 Å². The smallest absolute Gasteiger partial charge is 0.323 e. The maximum absolute atomic E-state index is 11.8. The Morgan fingerprint density at radius 2 is 1.29 bits per heavy atom. The van der Waals surface area contributed by atoms with Crippen molar-refractivity contribution in [3.8, 4) is 0 Å². The molecule has 24 heavy (non-hydrogen) atoms. The molecule has 6 heteroatoms. The molecule has 0 aliphatic rings. The fourth-order valence-electron chi connectivity index (χ4n) is 1.90. The number of hydrogen-bond acceptors (Lipinski definition) is 5. The predicted octanol–water partition coefficient (Wildman–Crippen LogP) is 2.61. The lowest BCUT2D eigenvalue weighted by atomic mass is 10.2. The molecule has 0 spiro atoms. The normalized spacial score (nSPS) is 11.0. The van der Waals surface area contributed by atoms with Crippen molar-refractivity contribution in [3.05, 3.63) is 71.8 Å². The van der Waals surface area contributed by atoms with E-state index in [-0.39, 0.29) is 32.0 Å². The lowest BCUT2D eigenvalue weighted by Crippen LogP contribution is -2.34. The summed E-state index contributed by atoms with van der Waals surface area (Å²) in [5, 5.41) is 0. The molecular weight excluding hydrogens is 330 g/mol. The van der Waals surface area contributed by atoms with Crippen molar-refractivity contribution < 1.29 is 19.1 Å². The van der Waals surface area contributed by atoms with E-state index in [0.29, 0.717) is 0 Å². The standard InChI is InChI=1S/C18H19NO4.ClH/c19-16(18(21)23-13-15-9-5-2-6-10-15)11-17(20)22-12-14-7-3-1-4-8-14;/h1-10,16H,11-13,19H2;1H/t16-;/m0./s1. The highest BCUT2D eigenvalue weighted by molar-refractivity contribution is 5.85. The summed E-state index contributed by atoms with van der Waals surface area (Å²) in [6, 6.07) is 17.5. The molecular formula is C18H20ClNO4. The molecule has 0 unspecified atom stereocenters. The Balaban J connectivity index is 0.00000288. The molecule has 0 aliphatic heterocycles. The number of rotatable bonds is 7. The van der Waals surface area contributed by atoms with Crippen molar-refractivity contribution in [1.82, 2.24) is 0 Å². The molecule has 0 saturated carbocycles. The third-order valence-electron chi connectivity index (χ3n) is 3.16. The Bertz CT molecular complexity index is 634. The van der Waals surface area contributed by atoms with E-state index in [4.69, 9.17) is 15.2 Å². The molecule has 0 fully saturated rings. The zero-order valence-electron chi connectivity index (χ0n) is 13.1. The Labute approximate surface area is 147 Å². The van der Waals surface area contributed by atoms with Crippen LogP contribution in [0.4, 0.5) is 0 Å². The lowest BCUT2D eigenvalue weighted by Gasteiger charge is -2.11. The lowest BCUT2D eigenvalue weighted by molar-refractivity contribution is -0.153. The summed E-state index contributed by atoms with van der Waals surface area (Å²) in [4.78, 5) is 23.5. The Morgan fingerprint density at radius 3 is 1.79 bits per heavy atom. The van der Waals surface area contributed by atoms with Crippen molar-refractivity contribution in [3.63, 3.8) is 0 Å². The Morgan fingerprint density at radius 1 is 0.833 bits per heavy atom. The number of carbonyl (C=O) groups excluding carboxylic acids is 2. The maximum Gasteiger partial charge on any atom is 0.323 e. The van der Waals surface area contributed by atoms with Gasteiger partial charge in [-0.15, -0.1) is 12.4 Å². The van der Waals surface area contributed by atoms with E-state index in [1.54, 1.807) is 0 Å². The summed E-state index contributed by atoms with van der Waals surface area (Å²) in [5.74, 6) is -1.15. The van der Waals surface area contributed by atoms with Crippen molar-refractivity contribution >= 4 is 24.3 Å². The van der Waals surface area contributed by atoms with Gasteiger partial charge in [0.2, 0.25) is 0 Å². The molecule has 128 valence electrons. The molecule has 2 aromatic carbocycles. The van der Waals surface area contributed by atoms with Crippen LogP contribution < -0.4 is 5.73 Å². The molecule has 0 heterocycles. The number of halogens is 1. The fraction of sp³-hybridized carbons (Fsp3) is 0.222. The largest absolute Gasteiger partial charge is 0.461 e. The summed E-state index contributed by atoms with van der Waals surface area (Å²) < 4.78 is 10.2. The zero-order valence-corrected chi connectivity index (χ0v) is 13.9. The second-order valence-electron chi connectivity index (χ2n) is 5.05. The van der Waals surface area contributed by atoms with Crippen LogP contribution in [0.3, 0.4) is 0 Å². The predicted molar refractivity (Wildman–Crippen MR) is 92.3 cm³/mol. The van der Waals surface area contributed by atoms with Crippen molar-refractivity contribution in [1.29, 1.82) is 0 Å². The Hall–Kier alpha value is -2.37. The SMILES string of the molecule is Cl.N[C@@H](CC(=O)OCc1ccccc1)C(=O)OCc1ccccc1. The van der Waals surface area contributed by atoms with E-state index in [2.05, 4.69) is 0 Å². The number of carbonyl (C=O) groups is 2. The van der Waals surface area contributed by atoms with Gasteiger partial charge in [0.05, 0.1) is 6.42 Å². The number of hydrogen-bond donors (Lipinski definition) is 1. The van der Waals surface area contributed by atoms with Crippen molar-refractivity contribution in [2.75, 3.05) is 0 Å². The van der Waals surface area contributed by atoms with E-state index in [0.717, 1.165) is 11.1 Å².